The van der Waals surface area contributed by atoms with E-state index in [2.05, 4.69) is 20.2 Å². The summed E-state index contributed by atoms with van der Waals surface area (Å²) in [4.78, 5) is 23.1. The van der Waals surface area contributed by atoms with E-state index in [4.69, 9.17) is 15.2 Å². The van der Waals surface area contributed by atoms with Crippen LogP contribution >= 0.6 is 0 Å². The zero-order chi connectivity index (χ0) is 20.2. The average molecular weight is 402 g/mol. The molecule has 0 saturated carbocycles. The normalized spacial score (nSPS) is 24.3. The molecule has 2 atom stereocenters. The minimum Gasteiger partial charge on any atom is -0.497 e. The number of fused-ring (bicyclic) bond motifs is 1. The van der Waals surface area contributed by atoms with Gasteiger partial charge in [-0.2, -0.15) is 0 Å². The number of methoxy groups -OCH3 is 1. The number of hydrogen-bond acceptors (Lipinski definition) is 6. The number of carbonyl (C=O) groups excluding carboxylic acids is 1. The molecule has 8 nitrogen and oxygen atoms in total. The van der Waals surface area contributed by atoms with E-state index in [0.717, 1.165) is 74.6 Å². The number of nitrogens with zero attached hydrogens (tertiary/aromatic N) is 2. The van der Waals surface area contributed by atoms with Crippen molar-refractivity contribution in [1.29, 1.82) is 0 Å². The van der Waals surface area contributed by atoms with Crippen LogP contribution in [0.15, 0.2) is 18.2 Å². The quantitative estimate of drug-likeness (QED) is 0.700. The molecule has 1 aromatic heterocycles. The minimum atomic E-state index is -0.0455. The Morgan fingerprint density at radius 3 is 2.93 bits per heavy atom. The summed E-state index contributed by atoms with van der Waals surface area (Å²) in [6.07, 6.45) is 3.74. The summed E-state index contributed by atoms with van der Waals surface area (Å²) >= 11 is 0. The molecule has 0 unspecified atom stereocenters. The van der Waals surface area contributed by atoms with Gasteiger partial charge in [0.25, 0.3) is 0 Å². The number of amides is 1. The van der Waals surface area contributed by atoms with Gasteiger partial charge in [-0.05, 0) is 37.8 Å². The van der Waals surface area contributed by atoms with Gasteiger partial charge in [0.2, 0.25) is 5.91 Å². The highest BCUT2D eigenvalue weighted by atomic mass is 16.5. The Balaban J connectivity index is 1.37. The van der Waals surface area contributed by atoms with Crippen molar-refractivity contribution in [3.8, 4) is 5.75 Å². The second kappa shape index (κ2) is 9.11. The number of likely N-dealkylation sites (tertiary alicyclic amines) is 1. The molecular formula is C21H31N5O3. The molecule has 158 valence electrons. The summed E-state index contributed by atoms with van der Waals surface area (Å²) in [6.45, 7) is 3.60. The third-order valence-corrected chi connectivity index (χ3v) is 6.06. The fourth-order valence-electron chi connectivity index (χ4n) is 4.39. The lowest BCUT2D eigenvalue weighted by molar-refractivity contribution is -0.126. The third-order valence-electron chi connectivity index (χ3n) is 6.06. The van der Waals surface area contributed by atoms with Crippen molar-refractivity contribution in [1.82, 2.24) is 20.2 Å². The van der Waals surface area contributed by atoms with Crippen molar-refractivity contribution in [2.45, 2.75) is 44.3 Å². The summed E-state index contributed by atoms with van der Waals surface area (Å²) in [5.41, 5.74) is 8.06. The summed E-state index contributed by atoms with van der Waals surface area (Å²) in [7, 11) is 1.64. The van der Waals surface area contributed by atoms with Crippen LogP contribution in [0.25, 0.3) is 11.0 Å². The highest BCUT2D eigenvalue weighted by Gasteiger charge is 2.31. The molecule has 2 aromatic rings. The number of aromatic nitrogens is 2. The van der Waals surface area contributed by atoms with E-state index < -0.39 is 0 Å². The Morgan fingerprint density at radius 1 is 1.31 bits per heavy atom. The van der Waals surface area contributed by atoms with Crippen LogP contribution in [0.5, 0.6) is 5.75 Å². The van der Waals surface area contributed by atoms with Gasteiger partial charge in [0.15, 0.2) is 0 Å². The molecule has 3 heterocycles. The molecule has 0 aliphatic carbocycles. The summed E-state index contributed by atoms with van der Waals surface area (Å²) in [5.74, 6) is 1.55. The fraction of sp³-hybridized carbons (Fsp3) is 0.619. The van der Waals surface area contributed by atoms with Gasteiger partial charge in [0.1, 0.15) is 11.6 Å². The maximum absolute atomic E-state index is 12.9. The number of imidazole rings is 1. The summed E-state index contributed by atoms with van der Waals surface area (Å²) < 4.78 is 10.7. The van der Waals surface area contributed by atoms with Gasteiger partial charge >= 0.3 is 0 Å². The highest BCUT2D eigenvalue weighted by molar-refractivity contribution is 5.79. The lowest BCUT2D eigenvalue weighted by Gasteiger charge is -2.35. The maximum Gasteiger partial charge on any atom is 0.224 e. The highest BCUT2D eigenvalue weighted by Crippen LogP contribution is 2.23. The van der Waals surface area contributed by atoms with Crippen molar-refractivity contribution in [3.63, 3.8) is 0 Å². The SMILES string of the molecule is COc1ccc2nc(CNC(=O)[C@@H]3CC[C@H](N)CN(C4CCOCC4)C3)[nH]c2c1. The number of hydrogen-bond donors (Lipinski definition) is 3. The van der Waals surface area contributed by atoms with Crippen LogP contribution in [-0.4, -0.2) is 66.3 Å². The van der Waals surface area contributed by atoms with Gasteiger partial charge in [0, 0.05) is 44.5 Å². The van der Waals surface area contributed by atoms with Crippen molar-refractivity contribution < 1.29 is 14.3 Å². The third kappa shape index (κ3) is 4.88. The zero-order valence-corrected chi connectivity index (χ0v) is 17.0. The topological polar surface area (TPSA) is 106 Å². The van der Waals surface area contributed by atoms with E-state index >= 15 is 0 Å². The lowest BCUT2D eigenvalue weighted by atomic mass is 10.0. The van der Waals surface area contributed by atoms with E-state index in [1.165, 1.54) is 0 Å². The first-order valence-electron chi connectivity index (χ1n) is 10.5. The van der Waals surface area contributed by atoms with Gasteiger partial charge in [-0.15, -0.1) is 0 Å². The van der Waals surface area contributed by atoms with Crippen LogP contribution in [0.2, 0.25) is 0 Å². The van der Waals surface area contributed by atoms with Crippen molar-refractivity contribution in [2.75, 3.05) is 33.4 Å². The Kier molecular flexibility index (Phi) is 6.32. The molecule has 8 heteroatoms. The van der Waals surface area contributed by atoms with Gasteiger partial charge in [-0.1, -0.05) is 0 Å². The summed E-state index contributed by atoms with van der Waals surface area (Å²) in [5, 5.41) is 3.07. The molecule has 29 heavy (non-hydrogen) atoms. The van der Waals surface area contributed by atoms with Crippen molar-refractivity contribution >= 4 is 16.9 Å². The molecule has 2 saturated heterocycles. The number of benzene rings is 1. The predicted molar refractivity (Wildman–Crippen MR) is 111 cm³/mol. The largest absolute Gasteiger partial charge is 0.497 e. The van der Waals surface area contributed by atoms with E-state index in [1.807, 2.05) is 18.2 Å². The van der Waals surface area contributed by atoms with Crippen LogP contribution in [0.3, 0.4) is 0 Å². The zero-order valence-electron chi connectivity index (χ0n) is 17.0. The second-order valence-corrected chi connectivity index (χ2v) is 8.12. The van der Waals surface area contributed by atoms with Crippen molar-refractivity contribution in [3.05, 3.63) is 24.0 Å². The number of rotatable bonds is 5. The number of nitrogens with two attached hydrogens (primary N) is 1. The van der Waals surface area contributed by atoms with E-state index in [-0.39, 0.29) is 17.9 Å². The Morgan fingerprint density at radius 2 is 2.14 bits per heavy atom. The van der Waals surface area contributed by atoms with E-state index in [9.17, 15) is 4.79 Å². The number of aromatic amines is 1. The van der Waals surface area contributed by atoms with Gasteiger partial charge in [-0.25, -0.2) is 4.98 Å². The molecule has 1 amide bonds. The monoisotopic (exact) mass is 401 g/mol. The molecule has 0 spiro atoms. The maximum atomic E-state index is 12.9. The Bertz CT molecular complexity index is 833. The molecule has 0 radical (unpaired) electrons. The first-order chi connectivity index (χ1) is 14.1. The van der Waals surface area contributed by atoms with Crippen LogP contribution in [0.4, 0.5) is 0 Å². The van der Waals surface area contributed by atoms with Crippen LogP contribution in [0, 0.1) is 5.92 Å². The number of carbonyl (C=O) groups is 1. The lowest BCUT2D eigenvalue weighted by Crippen LogP contribution is -2.47. The summed E-state index contributed by atoms with van der Waals surface area (Å²) in [6, 6.07) is 6.29. The van der Waals surface area contributed by atoms with Gasteiger partial charge < -0.3 is 25.5 Å². The number of H-pyrrole nitrogens is 1. The first kappa shape index (κ1) is 20.1. The molecule has 4 rings (SSSR count). The van der Waals surface area contributed by atoms with Gasteiger partial charge in [0.05, 0.1) is 30.6 Å². The Labute approximate surface area is 171 Å². The molecule has 2 aliphatic rings. The van der Waals surface area contributed by atoms with Crippen LogP contribution < -0.4 is 15.8 Å². The fourth-order valence-corrected chi connectivity index (χ4v) is 4.39. The smallest absolute Gasteiger partial charge is 0.224 e. The second-order valence-electron chi connectivity index (χ2n) is 8.12. The Hall–Kier alpha value is -2.16. The van der Waals surface area contributed by atoms with Gasteiger partial charge in [-0.3, -0.25) is 9.69 Å². The first-order valence-corrected chi connectivity index (χ1v) is 10.5. The van der Waals surface area contributed by atoms with E-state index in [1.54, 1.807) is 7.11 Å². The molecule has 4 N–H and O–H groups in total. The molecule has 0 bridgehead atoms. The van der Waals surface area contributed by atoms with Crippen LogP contribution in [0.1, 0.15) is 31.5 Å². The number of nitrogens with one attached hydrogen (secondary N) is 2. The average Bonchev–Trinajstić information content (AvgIpc) is 3.05. The predicted octanol–water partition coefficient (Wildman–Crippen LogP) is 1.41. The minimum absolute atomic E-state index is 0.0455. The molecular weight excluding hydrogens is 370 g/mol. The van der Waals surface area contributed by atoms with Crippen molar-refractivity contribution in [2.24, 2.45) is 11.7 Å². The van der Waals surface area contributed by atoms with Crippen LogP contribution in [-0.2, 0) is 16.1 Å². The van der Waals surface area contributed by atoms with E-state index in [0.29, 0.717) is 12.6 Å². The number of ether oxygens (including phenoxy) is 2. The molecule has 1 aromatic carbocycles. The molecule has 2 fully saturated rings. The standard InChI is InChI=1S/C21H31N5O3/c1-28-17-4-5-18-19(10-17)25-20(24-18)11-23-21(27)14-2-3-15(22)13-26(12-14)16-6-8-29-9-7-16/h4-5,10,14-16H,2-3,6-9,11-13,22H2,1H3,(H,23,27)(H,24,25)/t14-,15+/m1/s1. The molecule has 2 aliphatic heterocycles.